The molecule has 2 atom stereocenters. The lowest BCUT2D eigenvalue weighted by Crippen LogP contribution is -2.67. The van der Waals surface area contributed by atoms with E-state index in [0.29, 0.717) is 117 Å². The third-order valence-electron chi connectivity index (χ3n) is 18.4. The van der Waals surface area contributed by atoms with Crippen LogP contribution in [0.2, 0.25) is 38.3 Å². The summed E-state index contributed by atoms with van der Waals surface area (Å²) in [6.45, 7) is 37.5. The average molecular weight is 1120 g/mol. The molecule has 0 saturated carbocycles. The van der Waals surface area contributed by atoms with Crippen LogP contribution < -0.4 is 29.2 Å². The smallest absolute Gasteiger partial charge is 0.319 e. The predicted octanol–water partition coefficient (Wildman–Crippen LogP) is 14.8. The van der Waals surface area contributed by atoms with Crippen molar-refractivity contribution in [3.8, 4) is 40.4 Å². The van der Waals surface area contributed by atoms with Gasteiger partial charge >= 0.3 is 6.01 Å². The summed E-state index contributed by atoms with van der Waals surface area (Å²) in [6.07, 6.45) is 1.35. The van der Waals surface area contributed by atoms with E-state index in [4.69, 9.17) is 33.3 Å². The van der Waals surface area contributed by atoms with Gasteiger partial charge in [0, 0.05) is 30.5 Å². The van der Waals surface area contributed by atoms with Crippen LogP contribution >= 0.6 is 0 Å². The zero-order valence-corrected chi connectivity index (χ0v) is 52.9. The highest BCUT2D eigenvalue weighted by atomic mass is 28.4. The van der Waals surface area contributed by atoms with Crippen LogP contribution in [0.4, 0.5) is 14.6 Å². The second-order valence-corrected chi connectivity index (χ2v) is 41.1. The quantitative estimate of drug-likeness (QED) is 0.0617. The van der Waals surface area contributed by atoms with Crippen molar-refractivity contribution in [2.45, 2.75) is 173 Å². The van der Waals surface area contributed by atoms with Crippen LogP contribution in [0.3, 0.4) is 0 Å². The number of nitrogens with zero attached hydrogens (tertiary/aromatic N) is 5. The fraction of sp³-hybridized carbons (Fsp3) is 0.523. The lowest BCUT2D eigenvalue weighted by atomic mass is 9.95. The number of ether oxygens (including phenoxy) is 2. The summed E-state index contributed by atoms with van der Waals surface area (Å²) in [5.74, 6) is 4.92. The van der Waals surface area contributed by atoms with E-state index in [0.717, 1.165) is 30.5 Å². The largest absolute Gasteiger partial charge is 0.543 e. The second kappa shape index (κ2) is 23.0. The normalized spacial score (nSPS) is 18.3. The van der Waals surface area contributed by atoms with Crippen LogP contribution in [0.1, 0.15) is 129 Å². The Morgan fingerprint density at radius 3 is 1.99 bits per heavy atom. The SMILES string of the molecule is CC(C)[Si](C#Cc1c(F)ccc2cc(O[Si](C(C)C)(C(C)C)C(C)C)cc(-c3cc4nc(OC[C@@]56CCCN5C[C@H](F)C6)nc5c4c(n3)OCCN5CCO[Si](c3ccccc3)(c3ccccc3)C(C)(C)C)c12)(C(C)C)C(C)C. The minimum absolute atomic E-state index is 0.201. The van der Waals surface area contributed by atoms with Crippen molar-refractivity contribution < 1.29 is 27.1 Å². The Balaban J connectivity index is 1.24. The van der Waals surface area contributed by atoms with Crippen molar-refractivity contribution in [3.63, 3.8) is 0 Å². The molecular weight excluding hydrogens is 1040 g/mol. The number of hydrogen-bond acceptors (Lipinski definition) is 9. The summed E-state index contributed by atoms with van der Waals surface area (Å²) in [5, 5.41) is 4.35. The number of rotatable bonds is 18. The Morgan fingerprint density at radius 2 is 1.39 bits per heavy atom. The van der Waals surface area contributed by atoms with Crippen molar-refractivity contribution in [1.29, 1.82) is 0 Å². The molecule has 0 N–H and O–H groups in total. The Bertz CT molecular complexity index is 3110. The van der Waals surface area contributed by atoms with E-state index >= 15 is 8.78 Å². The van der Waals surface area contributed by atoms with E-state index in [1.165, 1.54) is 10.4 Å². The number of pyridine rings is 1. The third kappa shape index (κ3) is 10.7. The molecule has 0 radical (unpaired) electrons. The number of fused-ring (bicyclic) bond motifs is 2. The van der Waals surface area contributed by atoms with Gasteiger partial charge in [-0.1, -0.05) is 177 Å². The molecular formula is C65H87F2N5O4Si3. The Kier molecular flexibility index (Phi) is 17.0. The minimum atomic E-state index is -2.89. The Labute approximate surface area is 473 Å². The maximum Gasteiger partial charge on any atom is 0.319 e. The lowest BCUT2D eigenvalue weighted by molar-refractivity contribution is 0.107. The number of hydrogen-bond donors (Lipinski definition) is 0. The highest BCUT2D eigenvalue weighted by molar-refractivity contribution is 6.99. The van der Waals surface area contributed by atoms with Gasteiger partial charge in [0.15, 0.2) is 0 Å². The van der Waals surface area contributed by atoms with E-state index in [2.05, 4.69) is 198 Å². The van der Waals surface area contributed by atoms with Gasteiger partial charge in [0.1, 0.15) is 50.2 Å². The third-order valence-corrected chi connectivity index (χ3v) is 35.8. The first-order valence-electron chi connectivity index (χ1n) is 29.3. The molecule has 2 aromatic heterocycles. The van der Waals surface area contributed by atoms with Gasteiger partial charge in [-0.3, -0.25) is 4.90 Å². The molecule has 3 aliphatic rings. The molecule has 0 amide bonds. The van der Waals surface area contributed by atoms with Crippen molar-refractivity contribution in [3.05, 3.63) is 102 Å². The fourth-order valence-corrected chi connectivity index (χ4v) is 29.9. The molecule has 9 rings (SSSR count). The summed E-state index contributed by atoms with van der Waals surface area (Å²) in [5.41, 5.74) is 7.58. The standard InChI is InChI=1S/C65H87F2N5O4Si3/c1-43(2)77(44(3)4,45(5)6)36-29-54-56(67)28-27-49-37-51(76-78(46(7)8,47(9)10)48(11)12)38-55(59(49)54)57-39-58-60-61(70-63(69-58)74-42-65-30-22-31-72(65)41-50(66)40-65)71(32-34-73-62(60)68-57)33-35-75-79(64(13,14)15,52-23-18-16-19-24-52)53-25-20-17-21-26-53/h16-21,23-28,37-39,43-48,50H,22,30-35,40-42H2,1-15H3/t50-,65+/m1/s1. The monoisotopic (exact) mass is 1120 g/mol. The second-order valence-electron chi connectivity index (χ2n) is 25.8. The average Bonchev–Trinajstić information content (AvgIpc) is 4.07. The number of anilines is 1. The van der Waals surface area contributed by atoms with Crippen molar-refractivity contribution in [1.82, 2.24) is 19.9 Å². The number of alkyl halides is 1. The Hall–Kier alpha value is -5.18. The fourth-order valence-electron chi connectivity index (χ4n) is 14.9. The molecule has 6 aromatic rings. The number of halogens is 2. The summed E-state index contributed by atoms with van der Waals surface area (Å²) < 4.78 is 60.7. The van der Waals surface area contributed by atoms with Gasteiger partial charge in [0.25, 0.3) is 16.6 Å². The zero-order valence-electron chi connectivity index (χ0n) is 49.9. The molecule has 3 aliphatic heterocycles. The number of benzene rings is 4. The van der Waals surface area contributed by atoms with Crippen LogP contribution in [0, 0.1) is 17.3 Å². The van der Waals surface area contributed by atoms with E-state index in [1.807, 2.05) is 12.1 Å². The first-order chi connectivity index (χ1) is 37.5. The van der Waals surface area contributed by atoms with E-state index in [-0.39, 0.29) is 23.5 Å². The van der Waals surface area contributed by atoms with Gasteiger partial charge in [-0.05, 0) is 97.7 Å². The van der Waals surface area contributed by atoms with Crippen LogP contribution in [-0.2, 0) is 4.43 Å². The molecule has 9 nitrogen and oxygen atoms in total. The highest BCUT2D eigenvalue weighted by Crippen LogP contribution is 2.48. The molecule has 79 heavy (non-hydrogen) atoms. The molecule has 0 unspecified atom stereocenters. The Morgan fingerprint density at radius 1 is 0.759 bits per heavy atom. The summed E-state index contributed by atoms with van der Waals surface area (Å²) in [4.78, 5) is 20.4. The molecule has 4 aromatic carbocycles. The summed E-state index contributed by atoms with van der Waals surface area (Å²) >= 11 is 0. The van der Waals surface area contributed by atoms with Gasteiger partial charge < -0.3 is 23.2 Å². The lowest BCUT2D eigenvalue weighted by Gasteiger charge is -2.43. The molecule has 5 heterocycles. The molecule has 2 saturated heterocycles. The maximum absolute atomic E-state index is 17.0. The maximum atomic E-state index is 17.0. The highest BCUT2D eigenvalue weighted by Gasteiger charge is 2.52. The first-order valence-corrected chi connectivity index (χ1v) is 35.6. The van der Waals surface area contributed by atoms with Gasteiger partial charge in [-0.25, -0.2) is 13.8 Å². The van der Waals surface area contributed by atoms with Crippen molar-refractivity contribution in [2.75, 3.05) is 50.9 Å². The van der Waals surface area contributed by atoms with Crippen molar-refractivity contribution >= 4 is 62.6 Å². The van der Waals surface area contributed by atoms with Gasteiger partial charge in [-0.2, -0.15) is 9.97 Å². The molecule has 0 spiro atoms. The molecule has 2 fully saturated rings. The topological polar surface area (TPSA) is 82.1 Å². The van der Waals surface area contributed by atoms with Crippen LogP contribution in [0.25, 0.3) is 32.9 Å². The van der Waals surface area contributed by atoms with Crippen molar-refractivity contribution in [2.24, 2.45) is 0 Å². The number of aromatic nitrogens is 3. The van der Waals surface area contributed by atoms with E-state index in [1.54, 1.807) is 6.07 Å². The van der Waals surface area contributed by atoms with E-state index in [9.17, 15) is 0 Å². The van der Waals surface area contributed by atoms with Gasteiger partial charge in [0.05, 0.1) is 35.5 Å². The van der Waals surface area contributed by atoms with Crippen LogP contribution in [-0.4, -0.2) is 102 Å². The summed E-state index contributed by atoms with van der Waals surface area (Å²) in [6, 6.07) is 31.1. The van der Waals surface area contributed by atoms with Gasteiger partial charge in [0.2, 0.25) is 5.88 Å². The van der Waals surface area contributed by atoms with Crippen LogP contribution in [0.5, 0.6) is 17.6 Å². The van der Waals surface area contributed by atoms with E-state index < -0.39 is 36.4 Å². The summed E-state index contributed by atoms with van der Waals surface area (Å²) in [7, 11) is -7.69. The first kappa shape index (κ1) is 58.5. The van der Waals surface area contributed by atoms with Crippen LogP contribution in [0.15, 0.2) is 91.0 Å². The zero-order chi connectivity index (χ0) is 56.8. The van der Waals surface area contributed by atoms with Gasteiger partial charge in [-0.15, -0.1) is 5.54 Å². The molecule has 422 valence electrons. The molecule has 0 aliphatic carbocycles. The minimum Gasteiger partial charge on any atom is -0.543 e. The predicted molar refractivity (Wildman–Crippen MR) is 330 cm³/mol. The molecule has 14 heteroatoms. The molecule has 0 bridgehead atoms.